The van der Waals surface area contributed by atoms with Crippen molar-refractivity contribution in [1.29, 1.82) is 0 Å². The molecule has 2 N–H and O–H groups in total. The summed E-state index contributed by atoms with van der Waals surface area (Å²) in [5, 5.41) is 11.5. The molecule has 1 aromatic heterocycles. The molecule has 1 aromatic carbocycles. The van der Waals surface area contributed by atoms with Gasteiger partial charge < -0.3 is 14.9 Å². The monoisotopic (exact) mass is 449 g/mol. The third-order valence-corrected chi connectivity index (χ3v) is 8.59. The number of carbonyl (C=O) groups is 1. The van der Waals surface area contributed by atoms with Crippen molar-refractivity contribution >= 4 is 38.7 Å². The van der Waals surface area contributed by atoms with E-state index >= 15 is 0 Å². The van der Waals surface area contributed by atoms with Crippen LogP contribution in [0.15, 0.2) is 39.9 Å². The van der Waals surface area contributed by atoms with E-state index < -0.39 is 16.0 Å². The van der Waals surface area contributed by atoms with Crippen LogP contribution in [-0.2, 0) is 10.0 Å². The third kappa shape index (κ3) is 4.79. The molecule has 2 aliphatic rings. The summed E-state index contributed by atoms with van der Waals surface area (Å²) in [6.45, 7) is 5.04. The smallest absolute Gasteiger partial charge is 0.337 e. The number of sulfonamides is 1. The number of carboxylic acids is 1. The second-order valence-corrected chi connectivity index (χ2v) is 10.9. The molecular weight excluding hydrogens is 422 g/mol. The van der Waals surface area contributed by atoms with E-state index in [2.05, 4.69) is 14.5 Å². The lowest BCUT2D eigenvalue weighted by molar-refractivity contribution is 0.0697. The molecular formula is C21H27N3O4S2. The van der Waals surface area contributed by atoms with Crippen molar-refractivity contribution in [3.8, 4) is 0 Å². The lowest BCUT2D eigenvalue weighted by Gasteiger charge is -2.36. The minimum atomic E-state index is -3.72. The fourth-order valence-corrected chi connectivity index (χ4v) is 6.47. The van der Waals surface area contributed by atoms with Gasteiger partial charge in [0.2, 0.25) is 0 Å². The van der Waals surface area contributed by atoms with E-state index in [4.69, 9.17) is 0 Å². The van der Waals surface area contributed by atoms with Crippen LogP contribution in [0.3, 0.4) is 0 Å². The van der Waals surface area contributed by atoms with E-state index in [0.717, 1.165) is 56.9 Å². The van der Waals surface area contributed by atoms with E-state index in [1.54, 1.807) is 23.6 Å². The van der Waals surface area contributed by atoms with Crippen molar-refractivity contribution in [3.63, 3.8) is 0 Å². The topological polar surface area (TPSA) is 89.9 Å². The molecule has 1 unspecified atom stereocenters. The lowest BCUT2D eigenvalue weighted by atomic mass is 9.96. The maximum absolute atomic E-state index is 12.5. The Kier molecular flexibility index (Phi) is 6.31. The first-order valence-corrected chi connectivity index (χ1v) is 12.7. The van der Waals surface area contributed by atoms with Crippen LogP contribution < -0.4 is 9.62 Å². The largest absolute Gasteiger partial charge is 0.478 e. The molecule has 30 heavy (non-hydrogen) atoms. The Morgan fingerprint density at radius 1 is 1.17 bits per heavy atom. The van der Waals surface area contributed by atoms with E-state index in [9.17, 15) is 18.3 Å². The summed E-state index contributed by atoms with van der Waals surface area (Å²) >= 11 is 1.12. The predicted octanol–water partition coefficient (Wildman–Crippen LogP) is 3.56. The van der Waals surface area contributed by atoms with Gasteiger partial charge in [-0.3, -0.25) is 4.72 Å². The molecule has 2 aromatic rings. The van der Waals surface area contributed by atoms with Gasteiger partial charge in [-0.15, -0.1) is 11.3 Å². The Morgan fingerprint density at radius 3 is 2.67 bits per heavy atom. The van der Waals surface area contributed by atoms with Gasteiger partial charge in [-0.05, 0) is 74.3 Å². The second-order valence-electron chi connectivity index (χ2n) is 8.04. The molecule has 0 amide bonds. The number of nitrogens with one attached hydrogen (secondary N) is 1. The molecule has 2 aliphatic heterocycles. The number of rotatable bonds is 7. The number of piperidine rings is 1. The molecule has 0 spiro atoms. The summed E-state index contributed by atoms with van der Waals surface area (Å²) in [6, 6.07) is 7.99. The average Bonchev–Trinajstić information content (AvgIpc) is 3.42. The number of benzene rings is 1. The number of aromatic carboxylic acids is 1. The highest BCUT2D eigenvalue weighted by Gasteiger charge is 2.26. The molecule has 4 rings (SSSR count). The van der Waals surface area contributed by atoms with Crippen LogP contribution in [0.2, 0.25) is 0 Å². The van der Waals surface area contributed by atoms with E-state index in [-0.39, 0.29) is 15.5 Å². The van der Waals surface area contributed by atoms with E-state index in [1.807, 2.05) is 0 Å². The van der Waals surface area contributed by atoms with Gasteiger partial charge in [0.1, 0.15) is 4.21 Å². The number of likely N-dealkylation sites (tertiary alicyclic amines) is 1. The first-order chi connectivity index (χ1) is 14.4. The number of thiophene rings is 1. The number of carboxylic acid groups (broad SMARTS) is 1. The molecule has 3 heterocycles. The highest BCUT2D eigenvalue weighted by Crippen LogP contribution is 2.30. The van der Waals surface area contributed by atoms with Crippen molar-refractivity contribution in [2.75, 3.05) is 42.3 Å². The van der Waals surface area contributed by atoms with Gasteiger partial charge in [-0.2, -0.15) is 0 Å². The minimum absolute atomic E-state index is 0.128. The van der Waals surface area contributed by atoms with Crippen molar-refractivity contribution < 1.29 is 18.3 Å². The van der Waals surface area contributed by atoms with Crippen LogP contribution in [0.4, 0.5) is 11.4 Å². The van der Waals surface area contributed by atoms with Gasteiger partial charge in [-0.1, -0.05) is 6.07 Å². The SMILES string of the molecule is O=C(O)c1cc(NS(=O)(=O)c2cccs2)ccc1N1CCCC(CN2CCCC2)C1. The van der Waals surface area contributed by atoms with E-state index in [0.29, 0.717) is 11.6 Å². The van der Waals surface area contributed by atoms with Gasteiger partial charge in [0.05, 0.1) is 11.3 Å². The second kappa shape index (κ2) is 8.95. The highest BCUT2D eigenvalue weighted by atomic mass is 32.2. The maximum Gasteiger partial charge on any atom is 0.337 e. The van der Waals surface area contributed by atoms with Crippen molar-refractivity contribution in [3.05, 3.63) is 41.3 Å². The molecule has 162 valence electrons. The van der Waals surface area contributed by atoms with Gasteiger partial charge in [-0.25, -0.2) is 13.2 Å². The summed E-state index contributed by atoms with van der Waals surface area (Å²) in [6.07, 6.45) is 4.73. The summed E-state index contributed by atoms with van der Waals surface area (Å²) in [5.74, 6) is -0.528. The minimum Gasteiger partial charge on any atom is -0.478 e. The summed E-state index contributed by atoms with van der Waals surface area (Å²) in [7, 11) is -3.72. The third-order valence-electron chi connectivity index (χ3n) is 5.81. The summed E-state index contributed by atoms with van der Waals surface area (Å²) in [4.78, 5) is 16.6. The molecule has 0 saturated carbocycles. The molecule has 2 fully saturated rings. The zero-order chi connectivity index (χ0) is 21.1. The van der Waals surface area contributed by atoms with Crippen LogP contribution in [0.25, 0.3) is 0 Å². The Bertz CT molecular complexity index is 986. The van der Waals surface area contributed by atoms with Crippen LogP contribution in [0, 0.1) is 5.92 Å². The predicted molar refractivity (Wildman–Crippen MR) is 119 cm³/mol. The molecule has 0 bridgehead atoms. The first kappa shape index (κ1) is 21.1. The van der Waals surface area contributed by atoms with E-state index in [1.165, 1.54) is 25.0 Å². The Labute approximate surface area is 181 Å². The van der Waals surface area contributed by atoms with Gasteiger partial charge in [0.25, 0.3) is 10.0 Å². The zero-order valence-corrected chi connectivity index (χ0v) is 18.4. The lowest BCUT2D eigenvalue weighted by Crippen LogP contribution is -2.41. The zero-order valence-electron chi connectivity index (χ0n) is 16.8. The number of nitrogens with zero attached hydrogens (tertiary/aromatic N) is 2. The van der Waals surface area contributed by atoms with Crippen LogP contribution in [0.5, 0.6) is 0 Å². The molecule has 0 aliphatic carbocycles. The number of hydrogen-bond acceptors (Lipinski definition) is 6. The quantitative estimate of drug-likeness (QED) is 0.672. The average molecular weight is 450 g/mol. The standard InChI is InChI=1S/C21H27N3O4S2/c25-21(26)18-13-17(22-30(27,28)20-6-4-12-29-20)7-8-19(18)24-11-3-5-16(15-24)14-23-9-1-2-10-23/h4,6-8,12-13,16,22H,1-3,5,9-11,14-15H2,(H,25,26). The van der Waals surface area contributed by atoms with Crippen LogP contribution in [0.1, 0.15) is 36.0 Å². The molecule has 1 atom stereocenters. The van der Waals surface area contributed by atoms with Crippen molar-refractivity contribution in [2.45, 2.75) is 29.9 Å². The Morgan fingerprint density at radius 2 is 1.97 bits per heavy atom. The Hall–Kier alpha value is -2.10. The molecule has 7 nitrogen and oxygen atoms in total. The van der Waals surface area contributed by atoms with Crippen molar-refractivity contribution in [2.24, 2.45) is 5.92 Å². The molecule has 9 heteroatoms. The first-order valence-electron chi connectivity index (χ1n) is 10.3. The fraction of sp³-hybridized carbons (Fsp3) is 0.476. The van der Waals surface area contributed by atoms with Crippen LogP contribution >= 0.6 is 11.3 Å². The van der Waals surface area contributed by atoms with Crippen molar-refractivity contribution in [1.82, 2.24) is 4.90 Å². The fourth-order valence-electron chi connectivity index (χ4n) is 4.43. The van der Waals surface area contributed by atoms with Crippen LogP contribution in [-0.4, -0.2) is 57.1 Å². The molecule has 0 radical (unpaired) electrons. The number of hydrogen-bond donors (Lipinski definition) is 2. The van der Waals surface area contributed by atoms with Gasteiger partial charge in [0, 0.05) is 25.3 Å². The summed E-state index contributed by atoms with van der Waals surface area (Å²) in [5.41, 5.74) is 1.05. The van der Waals surface area contributed by atoms with Gasteiger partial charge >= 0.3 is 5.97 Å². The number of anilines is 2. The maximum atomic E-state index is 12.5. The highest BCUT2D eigenvalue weighted by molar-refractivity contribution is 7.94. The van der Waals surface area contributed by atoms with Gasteiger partial charge in [0.15, 0.2) is 0 Å². The Balaban J connectivity index is 1.52. The molecule has 2 saturated heterocycles. The normalized spacial score (nSPS) is 20.4. The summed E-state index contributed by atoms with van der Waals surface area (Å²) < 4.78 is 27.6.